The van der Waals surface area contributed by atoms with Gasteiger partial charge in [-0.1, -0.05) is 22.6 Å². The van der Waals surface area contributed by atoms with Gasteiger partial charge in [0.25, 0.3) is 0 Å². The van der Waals surface area contributed by atoms with Crippen LogP contribution in [-0.2, 0) is 23.1 Å². The number of hydrogen-bond donors (Lipinski definition) is 0. The van der Waals surface area contributed by atoms with Crippen LogP contribution in [0.25, 0.3) is 0 Å². The Hall–Kier alpha value is 0.800. The quantitative estimate of drug-likeness (QED) is 0.260. The highest BCUT2D eigenvalue weighted by Gasteiger charge is 2.19. The highest BCUT2D eigenvalue weighted by Crippen LogP contribution is 2.45. The molecule has 0 spiro atoms. The summed E-state index contributed by atoms with van der Waals surface area (Å²) >= 11 is 2.24. The number of halogens is 1. The van der Waals surface area contributed by atoms with Crippen molar-refractivity contribution in [2.45, 2.75) is 0 Å². The van der Waals surface area contributed by atoms with E-state index in [1.165, 1.54) is 14.2 Å². The van der Waals surface area contributed by atoms with Gasteiger partial charge in [0.2, 0.25) is 0 Å². The third-order valence-electron chi connectivity index (χ3n) is 1.66. The molecule has 0 aliphatic rings. The highest BCUT2D eigenvalue weighted by molar-refractivity contribution is 14.1. The zero-order chi connectivity index (χ0) is 11.6. The van der Waals surface area contributed by atoms with Crippen molar-refractivity contribution in [3.8, 4) is 0 Å². The maximum absolute atomic E-state index is 11.5. The molecular formula is C8H18IO5P. The van der Waals surface area contributed by atoms with Gasteiger partial charge >= 0.3 is 7.60 Å². The molecule has 0 saturated carbocycles. The molecule has 0 atom stereocenters. The maximum Gasteiger partial charge on any atom is 0.332 e. The van der Waals surface area contributed by atoms with E-state index >= 15 is 0 Å². The first-order valence-corrected chi connectivity index (χ1v) is 7.86. The lowest BCUT2D eigenvalue weighted by Gasteiger charge is -2.13. The van der Waals surface area contributed by atoms with Crippen LogP contribution >= 0.6 is 30.2 Å². The van der Waals surface area contributed by atoms with Gasteiger partial charge < -0.3 is 18.5 Å². The van der Waals surface area contributed by atoms with E-state index in [9.17, 15) is 4.57 Å². The van der Waals surface area contributed by atoms with E-state index in [0.29, 0.717) is 19.8 Å². The smallest absolute Gasteiger partial charge is 0.332 e. The van der Waals surface area contributed by atoms with Gasteiger partial charge in [0.1, 0.15) is 0 Å². The molecule has 0 aromatic heterocycles. The van der Waals surface area contributed by atoms with E-state index in [4.69, 9.17) is 18.5 Å². The summed E-state index contributed by atoms with van der Waals surface area (Å²) in [5.74, 6) is 0. The zero-order valence-electron chi connectivity index (χ0n) is 9.11. The number of rotatable bonds is 10. The molecule has 0 radical (unpaired) electrons. The van der Waals surface area contributed by atoms with Gasteiger partial charge in [0.05, 0.1) is 32.6 Å². The lowest BCUT2D eigenvalue weighted by atomic mass is 10.7. The van der Waals surface area contributed by atoms with Crippen molar-refractivity contribution in [2.75, 3.05) is 51.2 Å². The van der Waals surface area contributed by atoms with Crippen LogP contribution in [-0.4, -0.2) is 51.2 Å². The Kier molecular flexibility index (Phi) is 10.5. The second kappa shape index (κ2) is 9.99. The Morgan fingerprint density at radius 1 is 1.00 bits per heavy atom. The summed E-state index contributed by atoms with van der Waals surface area (Å²) in [4.78, 5) is 0. The van der Waals surface area contributed by atoms with Gasteiger partial charge in [-0.25, -0.2) is 0 Å². The van der Waals surface area contributed by atoms with Crippen LogP contribution in [0.1, 0.15) is 0 Å². The van der Waals surface area contributed by atoms with Gasteiger partial charge in [-0.2, -0.15) is 0 Å². The molecule has 7 heteroatoms. The molecule has 0 saturated heterocycles. The SMILES string of the molecule is COP(=O)(CCOCCOCCI)OC. The fraction of sp³-hybridized carbons (Fsp3) is 1.00. The number of alkyl halides is 1. The topological polar surface area (TPSA) is 54.0 Å². The molecule has 0 bridgehead atoms. The summed E-state index contributed by atoms with van der Waals surface area (Å²) in [7, 11) is -0.172. The van der Waals surface area contributed by atoms with Gasteiger partial charge in [0.15, 0.2) is 0 Å². The van der Waals surface area contributed by atoms with E-state index in [-0.39, 0.29) is 6.16 Å². The van der Waals surface area contributed by atoms with Crippen molar-refractivity contribution in [3.63, 3.8) is 0 Å². The Balaban J connectivity index is 3.34. The normalized spacial score (nSPS) is 11.9. The summed E-state index contributed by atoms with van der Waals surface area (Å²) in [5, 5.41) is 0. The third-order valence-corrected chi connectivity index (χ3v) is 3.94. The van der Waals surface area contributed by atoms with E-state index in [0.717, 1.165) is 11.0 Å². The molecule has 0 heterocycles. The summed E-state index contributed by atoms with van der Waals surface area (Å²) in [6, 6.07) is 0. The monoisotopic (exact) mass is 352 g/mol. The predicted octanol–water partition coefficient (Wildman–Crippen LogP) is 1.94. The molecule has 5 nitrogen and oxygen atoms in total. The van der Waals surface area contributed by atoms with Gasteiger partial charge in [0, 0.05) is 18.6 Å². The average molecular weight is 352 g/mol. The zero-order valence-corrected chi connectivity index (χ0v) is 12.2. The van der Waals surface area contributed by atoms with Crippen LogP contribution < -0.4 is 0 Å². The van der Waals surface area contributed by atoms with Crippen molar-refractivity contribution in [1.29, 1.82) is 0 Å². The first-order valence-electron chi connectivity index (χ1n) is 4.60. The molecule has 92 valence electrons. The van der Waals surface area contributed by atoms with Crippen LogP contribution in [0, 0.1) is 0 Å². The minimum Gasteiger partial charge on any atom is -0.378 e. The fourth-order valence-electron chi connectivity index (χ4n) is 0.810. The van der Waals surface area contributed by atoms with Crippen LogP contribution in [0.2, 0.25) is 0 Å². The van der Waals surface area contributed by atoms with Crippen molar-refractivity contribution < 1.29 is 23.1 Å². The average Bonchev–Trinajstić information content (AvgIpc) is 2.27. The molecule has 0 rings (SSSR count). The van der Waals surface area contributed by atoms with E-state index in [1.54, 1.807) is 0 Å². The first kappa shape index (κ1) is 15.8. The van der Waals surface area contributed by atoms with E-state index in [2.05, 4.69) is 22.6 Å². The van der Waals surface area contributed by atoms with Crippen LogP contribution in [0.4, 0.5) is 0 Å². The van der Waals surface area contributed by atoms with Crippen LogP contribution in [0.15, 0.2) is 0 Å². The second-order valence-electron chi connectivity index (χ2n) is 2.61. The molecular weight excluding hydrogens is 334 g/mol. The van der Waals surface area contributed by atoms with Crippen molar-refractivity contribution in [1.82, 2.24) is 0 Å². The minimum atomic E-state index is -2.91. The Morgan fingerprint density at radius 3 is 2.00 bits per heavy atom. The molecule has 15 heavy (non-hydrogen) atoms. The van der Waals surface area contributed by atoms with Gasteiger partial charge in [-0.05, 0) is 0 Å². The fourth-order valence-corrected chi connectivity index (χ4v) is 1.99. The highest BCUT2D eigenvalue weighted by atomic mass is 127. The molecule has 0 aromatic rings. The Bertz CT molecular complexity index is 182. The van der Waals surface area contributed by atoms with Crippen LogP contribution in [0.5, 0.6) is 0 Å². The lowest BCUT2D eigenvalue weighted by molar-refractivity contribution is 0.0592. The standard InChI is InChI=1S/C8H18IO5P/c1-11-15(10,12-2)8-7-14-6-5-13-4-3-9/h3-8H2,1-2H3. The molecule has 0 aliphatic carbocycles. The summed E-state index contributed by atoms with van der Waals surface area (Å²) in [6.45, 7) is 2.16. The summed E-state index contributed by atoms with van der Waals surface area (Å²) in [5.41, 5.74) is 0. The van der Waals surface area contributed by atoms with Crippen molar-refractivity contribution in [2.24, 2.45) is 0 Å². The maximum atomic E-state index is 11.5. The molecule has 0 N–H and O–H groups in total. The van der Waals surface area contributed by atoms with Gasteiger partial charge in [-0.3, -0.25) is 4.57 Å². The summed E-state index contributed by atoms with van der Waals surface area (Å²) < 4.78 is 32.4. The summed E-state index contributed by atoms with van der Waals surface area (Å²) in [6.07, 6.45) is 0.270. The third kappa shape index (κ3) is 8.59. The van der Waals surface area contributed by atoms with Crippen molar-refractivity contribution >= 4 is 30.2 Å². The minimum absolute atomic E-state index is 0.270. The van der Waals surface area contributed by atoms with E-state index in [1.807, 2.05) is 0 Å². The van der Waals surface area contributed by atoms with Crippen molar-refractivity contribution in [3.05, 3.63) is 0 Å². The van der Waals surface area contributed by atoms with E-state index < -0.39 is 7.60 Å². The number of hydrogen-bond acceptors (Lipinski definition) is 5. The predicted molar refractivity (Wildman–Crippen MR) is 67.0 cm³/mol. The lowest BCUT2D eigenvalue weighted by Crippen LogP contribution is -2.09. The number of ether oxygens (including phenoxy) is 2. The molecule has 0 unspecified atom stereocenters. The Labute approximate surface area is 104 Å². The molecule has 0 fully saturated rings. The molecule has 0 amide bonds. The van der Waals surface area contributed by atoms with Gasteiger partial charge in [-0.15, -0.1) is 0 Å². The molecule has 0 aromatic carbocycles. The largest absolute Gasteiger partial charge is 0.378 e. The van der Waals surface area contributed by atoms with Crippen LogP contribution in [0.3, 0.4) is 0 Å². The second-order valence-corrected chi connectivity index (χ2v) is 6.09. The Morgan fingerprint density at radius 2 is 1.53 bits per heavy atom. The molecule has 0 aliphatic heterocycles. The first-order chi connectivity index (χ1) is 7.18.